The van der Waals surface area contributed by atoms with Crippen LogP contribution in [0.1, 0.15) is 13.8 Å². The highest BCUT2D eigenvalue weighted by atomic mass is 31.2. The SMILES string of the molecule is C#CP(OCC)OCC. The Labute approximate surface area is 57.5 Å². The lowest BCUT2D eigenvalue weighted by Gasteiger charge is -2.06. The van der Waals surface area contributed by atoms with Crippen molar-refractivity contribution < 1.29 is 9.05 Å². The molecule has 0 atom stereocenters. The maximum absolute atomic E-state index is 5.07. The van der Waals surface area contributed by atoms with E-state index in [2.05, 4.69) is 5.66 Å². The van der Waals surface area contributed by atoms with Crippen LogP contribution in [-0.4, -0.2) is 13.2 Å². The van der Waals surface area contributed by atoms with Crippen molar-refractivity contribution in [2.75, 3.05) is 13.2 Å². The lowest BCUT2D eigenvalue weighted by atomic mass is 10.9. The second-order valence-electron chi connectivity index (χ2n) is 1.22. The number of rotatable bonds is 4. The topological polar surface area (TPSA) is 18.5 Å². The minimum Gasteiger partial charge on any atom is -0.325 e. The fourth-order valence-electron chi connectivity index (χ4n) is 0.346. The van der Waals surface area contributed by atoms with Gasteiger partial charge in [0, 0.05) is 0 Å². The average Bonchev–Trinajstić information content (AvgIpc) is 1.88. The fourth-order valence-corrected chi connectivity index (χ4v) is 1.04. The van der Waals surface area contributed by atoms with E-state index < -0.39 is 8.38 Å². The largest absolute Gasteiger partial charge is 0.325 e. The summed E-state index contributed by atoms with van der Waals surface area (Å²) in [6, 6.07) is 0. The fraction of sp³-hybridized carbons (Fsp3) is 0.667. The summed E-state index contributed by atoms with van der Waals surface area (Å²) in [6.07, 6.45) is 5.07. The third-order valence-corrected chi connectivity index (χ3v) is 1.79. The van der Waals surface area contributed by atoms with Gasteiger partial charge >= 0.3 is 0 Å². The Morgan fingerprint density at radius 1 is 1.33 bits per heavy atom. The van der Waals surface area contributed by atoms with E-state index in [1.807, 2.05) is 13.8 Å². The molecule has 0 saturated heterocycles. The van der Waals surface area contributed by atoms with E-state index in [0.717, 1.165) is 0 Å². The van der Waals surface area contributed by atoms with Crippen molar-refractivity contribution in [2.45, 2.75) is 13.8 Å². The average molecular weight is 146 g/mol. The normalized spacial score (nSPS) is 9.56. The molecule has 9 heavy (non-hydrogen) atoms. The summed E-state index contributed by atoms with van der Waals surface area (Å²) in [7, 11) is -1.03. The summed E-state index contributed by atoms with van der Waals surface area (Å²) >= 11 is 0. The first-order valence-electron chi connectivity index (χ1n) is 2.87. The lowest BCUT2D eigenvalue weighted by Crippen LogP contribution is -1.86. The molecule has 0 aliphatic rings. The molecule has 0 aromatic carbocycles. The molecule has 3 heteroatoms. The van der Waals surface area contributed by atoms with Crippen molar-refractivity contribution in [3.05, 3.63) is 0 Å². The van der Waals surface area contributed by atoms with E-state index in [-0.39, 0.29) is 0 Å². The number of hydrogen-bond acceptors (Lipinski definition) is 2. The van der Waals surface area contributed by atoms with E-state index in [1.54, 1.807) is 0 Å². The molecule has 0 bridgehead atoms. The van der Waals surface area contributed by atoms with Crippen LogP contribution in [0.5, 0.6) is 0 Å². The molecule has 0 aliphatic heterocycles. The predicted octanol–water partition coefficient (Wildman–Crippen LogP) is 1.96. The van der Waals surface area contributed by atoms with E-state index in [4.69, 9.17) is 15.5 Å². The van der Waals surface area contributed by atoms with Gasteiger partial charge in [-0.25, -0.2) is 0 Å². The molecule has 2 nitrogen and oxygen atoms in total. The molecule has 0 unspecified atom stereocenters. The van der Waals surface area contributed by atoms with Crippen molar-refractivity contribution in [3.63, 3.8) is 0 Å². The van der Waals surface area contributed by atoms with Crippen LogP contribution in [0.2, 0.25) is 0 Å². The zero-order valence-electron chi connectivity index (χ0n) is 5.76. The lowest BCUT2D eigenvalue weighted by molar-refractivity contribution is 0.278. The van der Waals surface area contributed by atoms with Gasteiger partial charge in [-0.15, -0.1) is 6.42 Å². The van der Waals surface area contributed by atoms with Gasteiger partial charge in [-0.1, -0.05) is 0 Å². The Bertz CT molecular complexity index is 91.7. The molecule has 0 heterocycles. The van der Waals surface area contributed by atoms with Crippen LogP contribution in [0.15, 0.2) is 0 Å². The molecule has 0 saturated carbocycles. The summed E-state index contributed by atoms with van der Waals surface area (Å²) in [5.74, 6) is 0. The van der Waals surface area contributed by atoms with Crippen molar-refractivity contribution in [1.29, 1.82) is 0 Å². The standard InChI is InChI=1S/C6H11O2P/c1-4-7-9(6-3)8-5-2/h3H,4-5H2,1-2H3. The van der Waals surface area contributed by atoms with Gasteiger partial charge in [-0.3, -0.25) is 0 Å². The van der Waals surface area contributed by atoms with Crippen molar-refractivity contribution in [2.24, 2.45) is 0 Å². The minimum atomic E-state index is -1.03. The monoisotopic (exact) mass is 146 g/mol. The van der Waals surface area contributed by atoms with E-state index in [9.17, 15) is 0 Å². The Balaban J connectivity index is 3.32. The summed E-state index contributed by atoms with van der Waals surface area (Å²) in [5.41, 5.74) is 2.42. The van der Waals surface area contributed by atoms with Crippen LogP contribution in [-0.2, 0) is 9.05 Å². The maximum Gasteiger partial charge on any atom is 0.256 e. The minimum absolute atomic E-state index is 0.621. The zero-order chi connectivity index (χ0) is 7.11. The molecule has 0 aromatic rings. The van der Waals surface area contributed by atoms with E-state index in [0.29, 0.717) is 13.2 Å². The van der Waals surface area contributed by atoms with Crippen molar-refractivity contribution in [3.8, 4) is 12.1 Å². The van der Waals surface area contributed by atoms with Gasteiger partial charge < -0.3 is 9.05 Å². The maximum atomic E-state index is 5.07. The number of hydrogen-bond donors (Lipinski definition) is 0. The summed E-state index contributed by atoms with van der Waals surface area (Å²) in [6.45, 7) is 5.03. The first-order valence-corrected chi connectivity index (χ1v) is 4.05. The Morgan fingerprint density at radius 2 is 1.78 bits per heavy atom. The highest BCUT2D eigenvalue weighted by Crippen LogP contribution is 2.35. The highest BCUT2D eigenvalue weighted by Gasteiger charge is 2.01. The molecule has 0 fully saturated rings. The first kappa shape index (κ1) is 8.91. The van der Waals surface area contributed by atoms with Gasteiger partial charge in [0.1, 0.15) is 0 Å². The van der Waals surface area contributed by atoms with Gasteiger partial charge in [0.05, 0.1) is 13.2 Å². The van der Waals surface area contributed by atoms with Gasteiger partial charge in [0.15, 0.2) is 0 Å². The van der Waals surface area contributed by atoms with Crippen LogP contribution in [0.4, 0.5) is 0 Å². The molecule has 0 spiro atoms. The smallest absolute Gasteiger partial charge is 0.256 e. The van der Waals surface area contributed by atoms with Gasteiger partial charge in [-0.2, -0.15) is 0 Å². The first-order chi connectivity index (χ1) is 4.35. The second-order valence-corrected chi connectivity index (χ2v) is 2.51. The molecule has 0 N–H and O–H groups in total. The molecule has 0 radical (unpaired) electrons. The predicted molar refractivity (Wildman–Crippen MR) is 39.0 cm³/mol. The quantitative estimate of drug-likeness (QED) is 0.446. The summed E-state index contributed by atoms with van der Waals surface area (Å²) in [4.78, 5) is 0. The molecule has 0 rings (SSSR count). The van der Waals surface area contributed by atoms with Gasteiger partial charge in [-0.05, 0) is 19.5 Å². The Morgan fingerprint density at radius 3 is 2.00 bits per heavy atom. The molecule has 52 valence electrons. The van der Waals surface area contributed by atoms with Crippen molar-refractivity contribution >= 4 is 8.38 Å². The molecular formula is C6H11O2P. The third kappa shape index (κ3) is 4.42. The van der Waals surface area contributed by atoms with Crippen LogP contribution < -0.4 is 0 Å². The van der Waals surface area contributed by atoms with Crippen LogP contribution >= 0.6 is 8.38 Å². The second kappa shape index (κ2) is 6.04. The van der Waals surface area contributed by atoms with Gasteiger partial charge in [0.25, 0.3) is 8.38 Å². The Kier molecular flexibility index (Phi) is 5.98. The molecule has 0 aliphatic carbocycles. The van der Waals surface area contributed by atoms with Crippen LogP contribution in [0.25, 0.3) is 0 Å². The highest BCUT2D eigenvalue weighted by molar-refractivity contribution is 7.52. The van der Waals surface area contributed by atoms with E-state index in [1.165, 1.54) is 0 Å². The zero-order valence-corrected chi connectivity index (χ0v) is 6.65. The summed E-state index contributed by atoms with van der Waals surface area (Å²) < 4.78 is 10.1. The molecular weight excluding hydrogens is 135 g/mol. The molecule has 0 amide bonds. The third-order valence-electron chi connectivity index (χ3n) is 0.598. The van der Waals surface area contributed by atoms with Crippen LogP contribution in [0.3, 0.4) is 0 Å². The van der Waals surface area contributed by atoms with E-state index >= 15 is 0 Å². The Hall–Kier alpha value is -0.0900. The molecule has 0 aromatic heterocycles. The summed E-state index contributed by atoms with van der Waals surface area (Å²) in [5, 5.41) is 0. The van der Waals surface area contributed by atoms with Gasteiger partial charge in [0.2, 0.25) is 0 Å². The number of terminal acetylenes is 1. The van der Waals surface area contributed by atoms with Crippen molar-refractivity contribution in [1.82, 2.24) is 0 Å². The van der Waals surface area contributed by atoms with Crippen LogP contribution in [0, 0.1) is 12.1 Å².